The molecule has 5 rings (SSSR count). The van der Waals surface area contributed by atoms with Gasteiger partial charge in [0.1, 0.15) is 23.6 Å². The van der Waals surface area contributed by atoms with Crippen molar-refractivity contribution in [3.8, 4) is 5.75 Å². The molecule has 0 radical (unpaired) electrons. The average Bonchev–Trinajstić information content (AvgIpc) is 3.12. The van der Waals surface area contributed by atoms with Crippen molar-refractivity contribution in [3.05, 3.63) is 98.8 Å². The second-order valence-corrected chi connectivity index (χ2v) is 9.54. The molecule has 0 bridgehead atoms. The molecule has 2 heterocycles. The Bertz CT molecular complexity index is 1440. The zero-order valence-corrected chi connectivity index (χ0v) is 20.6. The maximum atomic E-state index is 14.5. The highest BCUT2D eigenvalue weighted by Crippen LogP contribution is 2.57. The number of carbonyl (C=O) groups excluding carboxylic acids is 2. The monoisotopic (exact) mass is 526 g/mol. The Balaban J connectivity index is 1.86. The summed E-state index contributed by atoms with van der Waals surface area (Å²) < 4.78 is 20.3. The Morgan fingerprint density at radius 1 is 1.06 bits per heavy atom. The summed E-state index contributed by atoms with van der Waals surface area (Å²) in [4.78, 5) is 27.1. The number of amides is 2. The fourth-order valence-electron chi connectivity index (χ4n) is 5.07. The summed E-state index contributed by atoms with van der Waals surface area (Å²) in [6, 6.07) is 13.2. The maximum Gasteiger partial charge on any atom is 0.244 e. The van der Waals surface area contributed by atoms with Gasteiger partial charge in [0.2, 0.25) is 11.8 Å². The molecular formula is C27H21Cl2FN2O4. The molecule has 184 valence electrons. The van der Waals surface area contributed by atoms with Gasteiger partial charge in [0.15, 0.2) is 0 Å². The molecule has 3 aromatic rings. The number of nitrogens with one attached hydrogen (secondary N) is 2. The van der Waals surface area contributed by atoms with Gasteiger partial charge >= 0.3 is 0 Å². The summed E-state index contributed by atoms with van der Waals surface area (Å²) in [7, 11) is 0. The van der Waals surface area contributed by atoms with Crippen molar-refractivity contribution in [3.63, 3.8) is 0 Å². The third kappa shape index (κ3) is 3.84. The molecule has 2 unspecified atom stereocenters. The van der Waals surface area contributed by atoms with E-state index in [1.807, 2.05) is 0 Å². The summed E-state index contributed by atoms with van der Waals surface area (Å²) in [5.74, 6) is -1.06. The minimum absolute atomic E-state index is 0.00800. The lowest BCUT2D eigenvalue weighted by Gasteiger charge is -2.42. The first-order valence-electron chi connectivity index (χ1n) is 11.2. The van der Waals surface area contributed by atoms with Crippen LogP contribution in [0.3, 0.4) is 0 Å². The summed E-state index contributed by atoms with van der Waals surface area (Å²) in [6.45, 7) is 1.54. The first-order valence-corrected chi connectivity index (χ1v) is 11.9. The van der Waals surface area contributed by atoms with Crippen LogP contribution in [-0.2, 0) is 15.0 Å². The van der Waals surface area contributed by atoms with Crippen LogP contribution in [-0.4, -0.2) is 30.1 Å². The van der Waals surface area contributed by atoms with Gasteiger partial charge in [0, 0.05) is 27.4 Å². The number of aryl methyl sites for hydroxylation is 1. The lowest BCUT2D eigenvalue weighted by Crippen LogP contribution is -2.52. The number of rotatable bonds is 5. The number of ether oxygens (including phenoxy) is 1. The highest BCUT2D eigenvalue weighted by molar-refractivity contribution is 6.32. The third-order valence-electron chi connectivity index (χ3n) is 6.57. The first kappa shape index (κ1) is 24.3. The van der Waals surface area contributed by atoms with Crippen LogP contribution in [0, 0.1) is 12.7 Å². The van der Waals surface area contributed by atoms with Crippen LogP contribution >= 0.6 is 23.2 Å². The van der Waals surface area contributed by atoms with Crippen molar-refractivity contribution in [2.75, 3.05) is 18.5 Å². The van der Waals surface area contributed by atoms with Crippen molar-refractivity contribution in [2.45, 2.75) is 18.4 Å². The highest BCUT2D eigenvalue weighted by Gasteiger charge is 2.58. The zero-order chi connectivity index (χ0) is 25.6. The Hall–Kier alpha value is -3.39. The van der Waals surface area contributed by atoms with Crippen LogP contribution in [0.1, 0.15) is 28.3 Å². The predicted molar refractivity (Wildman–Crippen MR) is 136 cm³/mol. The fraction of sp³-hybridized carbons (Fsp3) is 0.185. The normalized spacial score (nSPS) is 20.6. The second-order valence-electron chi connectivity index (χ2n) is 8.67. The molecule has 0 saturated heterocycles. The number of aliphatic hydroxyl groups excluding tert-OH is 1. The number of carbonyl (C=O) groups is 2. The Labute approximate surface area is 216 Å². The van der Waals surface area contributed by atoms with Crippen LogP contribution in [0.2, 0.25) is 10.0 Å². The lowest BCUT2D eigenvalue weighted by atomic mass is 9.63. The van der Waals surface area contributed by atoms with E-state index in [4.69, 9.17) is 27.9 Å². The second kappa shape index (κ2) is 9.24. The molecule has 3 aromatic carbocycles. The van der Waals surface area contributed by atoms with E-state index >= 15 is 0 Å². The molecule has 2 atom stereocenters. The van der Waals surface area contributed by atoms with E-state index in [0.29, 0.717) is 49.3 Å². The topological polar surface area (TPSA) is 87.7 Å². The maximum absolute atomic E-state index is 14.5. The van der Waals surface area contributed by atoms with Gasteiger partial charge in [0.25, 0.3) is 0 Å². The van der Waals surface area contributed by atoms with Crippen LogP contribution in [0.15, 0.2) is 60.7 Å². The number of fused-ring (bicyclic) bond motifs is 2. The SMILES string of the molecule is Cc1ccc(F)cc1C1NC(=O)C=C(c2cc(Cl)ccc2OCCO)C12C(=O)Nc1cc(Cl)ccc12. The van der Waals surface area contributed by atoms with Gasteiger partial charge in [-0.05, 0) is 71.7 Å². The molecule has 1 spiro atoms. The van der Waals surface area contributed by atoms with Gasteiger partial charge in [0.05, 0.1) is 12.6 Å². The highest BCUT2D eigenvalue weighted by atomic mass is 35.5. The number of aliphatic hydroxyl groups is 1. The van der Waals surface area contributed by atoms with E-state index in [2.05, 4.69) is 10.6 Å². The van der Waals surface area contributed by atoms with E-state index in [1.54, 1.807) is 49.4 Å². The number of halogens is 3. The quantitative estimate of drug-likeness (QED) is 0.438. The molecule has 2 aliphatic heterocycles. The third-order valence-corrected chi connectivity index (χ3v) is 7.04. The van der Waals surface area contributed by atoms with Crippen LogP contribution in [0.4, 0.5) is 10.1 Å². The lowest BCUT2D eigenvalue weighted by molar-refractivity contribution is -0.122. The number of hydrogen-bond acceptors (Lipinski definition) is 4. The molecule has 0 aliphatic carbocycles. The van der Waals surface area contributed by atoms with Crippen molar-refractivity contribution < 1.29 is 23.8 Å². The summed E-state index contributed by atoms with van der Waals surface area (Å²) in [5.41, 5.74) is 1.41. The van der Waals surface area contributed by atoms with Gasteiger partial charge in [-0.1, -0.05) is 35.3 Å². The molecule has 0 saturated carbocycles. The predicted octanol–water partition coefficient (Wildman–Crippen LogP) is 4.96. The summed E-state index contributed by atoms with van der Waals surface area (Å²) >= 11 is 12.6. The van der Waals surface area contributed by atoms with Crippen molar-refractivity contribution >= 4 is 46.3 Å². The van der Waals surface area contributed by atoms with E-state index < -0.39 is 29.1 Å². The fourth-order valence-corrected chi connectivity index (χ4v) is 5.42. The molecule has 0 fully saturated rings. The van der Waals surface area contributed by atoms with E-state index in [9.17, 15) is 19.1 Å². The van der Waals surface area contributed by atoms with Gasteiger partial charge in [-0.15, -0.1) is 0 Å². The molecular weight excluding hydrogens is 506 g/mol. The van der Waals surface area contributed by atoms with Crippen molar-refractivity contribution in [2.24, 2.45) is 0 Å². The molecule has 2 amide bonds. The molecule has 9 heteroatoms. The molecule has 36 heavy (non-hydrogen) atoms. The molecule has 2 aliphatic rings. The Morgan fingerprint density at radius 3 is 2.58 bits per heavy atom. The van der Waals surface area contributed by atoms with Gasteiger partial charge in [-0.3, -0.25) is 9.59 Å². The number of benzene rings is 3. The first-order chi connectivity index (χ1) is 17.2. The zero-order valence-electron chi connectivity index (χ0n) is 19.1. The molecule has 0 aromatic heterocycles. The Kier molecular flexibility index (Phi) is 6.24. The van der Waals surface area contributed by atoms with Gasteiger partial charge < -0.3 is 20.5 Å². The minimum atomic E-state index is -1.51. The number of anilines is 1. The smallest absolute Gasteiger partial charge is 0.244 e. The van der Waals surface area contributed by atoms with Gasteiger partial charge in [-0.25, -0.2) is 4.39 Å². The van der Waals surface area contributed by atoms with Crippen molar-refractivity contribution in [1.82, 2.24) is 5.32 Å². The average molecular weight is 527 g/mol. The summed E-state index contributed by atoms with van der Waals surface area (Å²) in [6.07, 6.45) is 1.34. The van der Waals surface area contributed by atoms with E-state index in [-0.39, 0.29) is 13.2 Å². The standard InChI is InChI=1S/C27H21Cl2FN2O4/c1-14-2-5-17(30)12-18(14)25-27(20-6-3-16(29)11-22(20)31-26(27)35)21(13-24(34)32-25)19-10-15(28)4-7-23(19)36-9-8-33/h2-7,10-13,25,33H,8-9H2,1H3,(H,31,35)(H,32,34). The van der Waals surface area contributed by atoms with E-state index in [1.165, 1.54) is 18.2 Å². The van der Waals surface area contributed by atoms with Crippen LogP contribution in [0.25, 0.3) is 5.57 Å². The Morgan fingerprint density at radius 2 is 1.81 bits per heavy atom. The van der Waals surface area contributed by atoms with Crippen molar-refractivity contribution in [1.29, 1.82) is 0 Å². The molecule has 6 nitrogen and oxygen atoms in total. The largest absolute Gasteiger partial charge is 0.491 e. The minimum Gasteiger partial charge on any atom is -0.491 e. The summed E-state index contributed by atoms with van der Waals surface area (Å²) in [5, 5.41) is 15.9. The van der Waals surface area contributed by atoms with Gasteiger partial charge in [-0.2, -0.15) is 0 Å². The van der Waals surface area contributed by atoms with Crippen LogP contribution < -0.4 is 15.4 Å². The van der Waals surface area contributed by atoms with E-state index in [0.717, 1.165) is 0 Å². The number of hydrogen-bond donors (Lipinski definition) is 3. The molecule has 3 N–H and O–H groups in total. The van der Waals surface area contributed by atoms with Crippen LogP contribution in [0.5, 0.6) is 5.75 Å².